The number of aromatic nitrogens is 1. The number of carbonyl (C=O) groups is 2. The number of pyridine rings is 1. The van der Waals surface area contributed by atoms with Crippen LogP contribution in [0.25, 0.3) is 22.4 Å². The van der Waals surface area contributed by atoms with Crippen LogP contribution in [-0.4, -0.2) is 60.2 Å². The Morgan fingerprint density at radius 3 is 2.39 bits per heavy atom. The number of benzene rings is 2. The zero-order valence-electron chi connectivity index (χ0n) is 24.0. The second-order valence-electron chi connectivity index (χ2n) is 10.7. The van der Waals surface area contributed by atoms with Gasteiger partial charge in [0, 0.05) is 34.3 Å². The SMILES string of the molecule is CCC(C)(C)[C@H](CC(=O)O)NC(=O)c1ccc(-c2ccccc2Cl)c(-c2ccc(Cl)c(OCCCN(C)C)c2)n1.Cl. The third-order valence-corrected chi connectivity index (χ3v) is 7.68. The van der Waals surface area contributed by atoms with E-state index in [0.29, 0.717) is 40.1 Å². The molecule has 2 N–H and O–H groups in total. The molecule has 0 unspecified atom stereocenters. The second kappa shape index (κ2) is 15.4. The van der Waals surface area contributed by atoms with Crippen LogP contribution in [0.15, 0.2) is 54.6 Å². The molecule has 1 aromatic heterocycles. The Morgan fingerprint density at radius 1 is 1.05 bits per heavy atom. The van der Waals surface area contributed by atoms with E-state index in [4.69, 9.17) is 32.9 Å². The monoisotopic (exact) mass is 621 g/mol. The fourth-order valence-electron chi connectivity index (χ4n) is 4.20. The Labute approximate surface area is 258 Å². The van der Waals surface area contributed by atoms with E-state index in [1.165, 1.54) is 0 Å². The highest BCUT2D eigenvalue weighted by Gasteiger charge is 2.32. The smallest absolute Gasteiger partial charge is 0.305 e. The Balaban J connectivity index is 0.00000588. The maximum atomic E-state index is 13.4. The third-order valence-electron chi connectivity index (χ3n) is 7.04. The third kappa shape index (κ3) is 9.33. The van der Waals surface area contributed by atoms with Gasteiger partial charge >= 0.3 is 5.97 Å². The van der Waals surface area contributed by atoms with Crippen LogP contribution in [0.3, 0.4) is 0 Å². The van der Waals surface area contributed by atoms with Crippen molar-refractivity contribution in [3.8, 4) is 28.1 Å². The molecule has 1 atom stereocenters. The Bertz CT molecular complexity index is 1350. The zero-order chi connectivity index (χ0) is 29.4. The predicted octanol–water partition coefficient (Wildman–Crippen LogP) is 7.48. The van der Waals surface area contributed by atoms with Crippen LogP contribution < -0.4 is 10.1 Å². The van der Waals surface area contributed by atoms with Crippen LogP contribution in [0.4, 0.5) is 0 Å². The summed E-state index contributed by atoms with van der Waals surface area (Å²) in [5.41, 5.74) is 2.46. The molecule has 0 radical (unpaired) electrons. The number of carboxylic acid groups (broad SMARTS) is 1. The van der Waals surface area contributed by atoms with Gasteiger partial charge in [0.2, 0.25) is 0 Å². The standard InChI is InChI=1S/C31H37Cl2N3O4.ClH/c1-6-31(2,3)27(19-28(37)38)35-30(39)25-15-13-22(21-10-7-8-11-23(21)32)29(34-25)20-12-14-24(33)26(18-20)40-17-9-16-36(4)5;/h7-8,10-15,18,27H,6,9,16-17,19H2,1-5H3,(H,35,39)(H,37,38);1H/t27-;/m0./s1. The van der Waals surface area contributed by atoms with Gasteiger partial charge in [-0.1, -0.05) is 68.2 Å². The van der Waals surface area contributed by atoms with Crippen LogP contribution in [0, 0.1) is 5.41 Å². The average Bonchev–Trinajstić information content (AvgIpc) is 2.91. The molecular weight excluding hydrogens is 585 g/mol. The molecule has 10 heteroatoms. The zero-order valence-corrected chi connectivity index (χ0v) is 26.4. The summed E-state index contributed by atoms with van der Waals surface area (Å²) in [6, 6.07) is 15.7. The lowest BCUT2D eigenvalue weighted by Gasteiger charge is -2.33. The lowest BCUT2D eigenvalue weighted by Crippen LogP contribution is -2.46. The van der Waals surface area contributed by atoms with Crippen LogP contribution >= 0.6 is 35.6 Å². The molecule has 0 aliphatic rings. The van der Waals surface area contributed by atoms with Crippen molar-refractivity contribution in [3.63, 3.8) is 0 Å². The first-order valence-corrected chi connectivity index (χ1v) is 14.0. The first-order valence-electron chi connectivity index (χ1n) is 13.3. The summed E-state index contributed by atoms with van der Waals surface area (Å²) < 4.78 is 5.99. The number of nitrogens with one attached hydrogen (secondary N) is 1. The van der Waals surface area contributed by atoms with Crippen LogP contribution in [-0.2, 0) is 4.79 Å². The topological polar surface area (TPSA) is 91.8 Å². The van der Waals surface area contributed by atoms with Gasteiger partial charge in [-0.25, -0.2) is 4.98 Å². The molecule has 0 bridgehead atoms. The van der Waals surface area contributed by atoms with Crippen molar-refractivity contribution in [1.82, 2.24) is 15.2 Å². The van der Waals surface area contributed by atoms with Gasteiger partial charge in [-0.3, -0.25) is 9.59 Å². The van der Waals surface area contributed by atoms with Crippen molar-refractivity contribution >= 4 is 47.5 Å². The van der Waals surface area contributed by atoms with Gasteiger partial charge in [0.05, 0.1) is 23.7 Å². The van der Waals surface area contributed by atoms with E-state index in [2.05, 4.69) is 10.2 Å². The molecule has 0 aliphatic carbocycles. The number of amides is 1. The summed E-state index contributed by atoms with van der Waals surface area (Å²) in [5.74, 6) is -0.909. The lowest BCUT2D eigenvalue weighted by molar-refractivity contribution is -0.138. The first kappa shape index (κ1) is 34.4. The quantitative estimate of drug-likeness (QED) is 0.192. The van der Waals surface area contributed by atoms with Crippen molar-refractivity contribution < 1.29 is 19.4 Å². The van der Waals surface area contributed by atoms with E-state index in [-0.39, 0.29) is 24.5 Å². The first-order chi connectivity index (χ1) is 18.9. The predicted molar refractivity (Wildman–Crippen MR) is 169 cm³/mol. The van der Waals surface area contributed by atoms with Gasteiger partial charge in [0.1, 0.15) is 11.4 Å². The molecule has 3 aromatic rings. The molecular formula is C31H38Cl3N3O4. The fraction of sp³-hybridized carbons (Fsp3) is 0.387. The van der Waals surface area contributed by atoms with E-state index in [0.717, 1.165) is 24.1 Å². The number of ether oxygens (including phenoxy) is 1. The van der Waals surface area contributed by atoms with Crippen molar-refractivity contribution in [2.45, 2.75) is 46.1 Å². The molecule has 0 fully saturated rings. The maximum absolute atomic E-state index is 13.4. The Morgan fingerprint density at radius 2 is 1.76 bits per heavy atom. The van der Waals surface area contributed by atoms with E-state index in [1.54, 1.807) is 18.2 Å². The molecule has 1 amide bonds. The summed E-state index contributed by atoms with van der Waals surface area (Å²) in [5, 5.41) is 13.4. The molecule has 0 saturated carbocycles. The Kier molecular flexibility index (Phi) is 12.9. The molecule has 0 spiro atoms. The summed E-state index contributed by atoms with van der Waals surface area (Å²) in [6.45, 7) is 7.22. The molecule has 0 aliphatic heterocycles. The molecule has 41 heavy (non-hydrogen) atoms. The van der Waals surface area contributed by atoms with Crippen LogP contribution in [0.1, 0.15) is 50.5 Å². The average molecular weight is 623 g/mol. The highest BCUT2D eigenvalue weighted by Crippen LogP contribution is 2.38. The summed E-state index contributed by atoms with van der Waals surface area (Å²) in [4.78, 5) is 31.8. The van der Waals surface area contributed by atoms with Crippen molar-refractivity contribution in [2.75, 3.05) is 27.2 Å². The molecule has 2 aromatic carbocycles. The highest BCUT2D eigenvalue weighted by molar-refractivity contribution is 6.33. The van der Waals surface area contributed by atoms with Gasteiger partial charge in [0.15, 0.2) is 0 Å². The molecule has 3 rings (SSSR count). The summed E-state index contributed by atoms with van der Waals surface area (Å²) in [7, 11) is 4.01. The lowest BCUT2D eigenvalue weighted by atomic mass is 9.80. The number of hydrogen-bond donors (Lipinski definition) is 2. The summed E-state index contributed by atoms with van der Waals surface area (Å²) >= 11 is 13.0. The van der Waals surface area contributed by atoms with Crippen LogP contribution in [0.5, 0.6) is 5.75 Å². The summed E-state index contributed by atoms with van der Waals surface area (Å²) in [6.07, 6.45) is 1.33. The van der Waals surface area contributed by atoms with Gasteiger partial charge in [-0.05, 0) is 62.7 Å². The number of nitrogens with zero attached hydrogens (tertiary/aromatic N) is 2. The number of aliphatic carboxylic acids is 1. The Hall–Kier alpha value is -2.84. The maximum Gasteiger partial charge on any atom is 0.305 e. The fourth-order valence-corrected chi connectivity index (χ4v) is 4.61. The largest absolute Gasteiger partial charge is 0.492 e. The highest BCUT2D eigenvalue weighted by atomic mass is 35.5. The van der Waals surface area contributed by atoms with E-state index < -0.39 is 23.3 Å². The minimum Gasteiger partial charge on any atom is -0.492 e. The van der Waals surface area contributed by atoms with Crippen LogP contribution in [0.2, 0.25) is 10.0 Å². The van der Waals surface area contributed by atoms with Gasteiger partial charge < -0.3 is 20.1 Å². The molecule has 0 saturated heterocycles. The number of rotatable bonds is 13. The molecule has 222 valence electrons. The van der Waals surface area contributed by atoms with E-state index >= 15 is 0 Å². The normalized spacial score (nSPS) is 12.0. The number of hydrogen-bond acceptors (Lipinski definition) is 5. The van der Waals surface area contributed by atoms with Gasteiger partial charge in [-0.15, -0.1) is 12.4 Å². The van der Waals surface area contributed by atoms with Gasteiger partial charge in [-0.2, -0.15) is 0 Å². The minimum atomic E-state index is -0.978. The molecule has 7 nitrogen and oxygen atoms in total. The number of halogens is 3. The van der Waals surface area contributed by atoms with E-state index in [9.17, 15) is 14.7 Å². The second-order valence-corrected chi connectivity index (χ2v) is 11.5. The number of carbonyl (C=O) groups excluding carboxylic acids is 1. The minimum absolute atomic E-state index is 0. The van der Waals surface area contributed by atoms with Crippen molar-refractivity contribution in [1.29, 1.82) is 0 Å². The van der Waals surface area contributed by atoms with E-state index in [1.807, 2.05) is 71.3 Å². The van der Waals surface area contributed by atoms with Crippen molar-refractivity contribution in [3.05, 3.63) is 70.3 Å². The number of carboxylic acids is 1. The van der Waals surface area contributed by atoms with Gasteiger partial charge in [0.25, 0.3) is 5.91 Å². The van der Waals surface area contributed by atoms with Crippen molar-refractivity contribution in [2.24, 2.45) is 5.41 Å². The molecule has 1 heterocycles.